The van der Waals surface area contributed by atoms with Crippen LogP contribution in [0.2, 0.25) is 0 Å². The monoisotopic (exact) mass is 457 g/mol. The molecule has 0 unspecified atom stereocenters. The summed E-state index contributed by atoms with van der Waals surface area (Å²) in [6.45, 7) is 0.176. The van der Waals surface area contributed by atoms with Crippen molar-refractivity contribution < 1.29 is 26.3 Å². The van der Waals surface area contributed by atoms with E-state index in [-0.39, 0.29) is 22.3 Å². The Labute approximate surface area is 178 Å². The second-order valence-electron chi connectivity index (χ2n) is 7.56. The van der Waals surface area contributed by atoms with Crippen LogP contribution in [0.5, 0.6) is 0 Å². The number of alkyl halides is 2. The SMILES string of the molecule is O=S(=O)(NN(CC(F)F)c1ncc(F)c(N2CCOC3(CCC3)C2)n1)c1ccccc1. The molecule has 1 aliphatic carbocycles. The molecule has 168 valence electrons. The molecular weight excluding hydrogens is 435 g/mol. The Kier molecular flexibility index (Phi) is 6.04. The van der Waals surface area contributed by atoms with E-state index in [1.54, 1.807) is 11.0 Å². The standard InChI is InChI=1S/C19H22F3N5O3S/c20-15-11-23-18(24-17(15)26-9-10-30-19(13-26)7-4-8-19)27(12-16(21)22)25-31(28,29)14-5-2-1-3-6-14/h1-3,5-6,11,16,25H,4,7-10,12-13H2. The van der Waals surface area contributed by atoms with Crippen molar-refractivity contribution in [3.05, 3.63) is 42.3 Å². The molecule has 0 amide bonds. The minimum absolute atomic E-state index is 0.0715. The Hall–Kier alpha value is -2.44. The predicted molar refractivity (Wildman–Crippen MR) is 107 cm³/mol. The molecule has 0 bridgehead atoms. The van der Waals surface area contributed by atoms with E-state index in [0.29, 0.717) is 24.7 Å². The summed E-state index contributed by atoms with van der Waals surface area (Å²) < 4.78 is 72.0. The van der Waals surface area contributed by atoms with Gasteiger partial charge in [-0.05, 0) is 31.4 Å². The van der Waals surface area contributed by atoms with E-state index in [4.69, 9.17) is 4.74 Å². The van der Waals surface area contributed by atoms with Gasteiger partial charge in [-0.15, -0.1) is 4.83 Å². The number of hydrogen-bond donors (Lipinski definition) is 1. The number of benzene rings is 1. The maximum absolute atomic E-state index is 14.5. The first-order valence-corrected chi connectivity index (χ1v) is 11.3. The molecular formula is C19H22F3N5O3S. The number of aromatic nitrogens is 2. The van der Waals surface area contributed by atoms with Crippen LogP contribution in [-0.2, 0) is 14.8 Å². The number of rotatable bonds is 7. The summed E-state index contributed by atoms with van der Waals surface area (Å²) in [4.78, 5) is 11.5. The predicted octanol–water partition coefficient (Wildman–Crippen LogP) is 2.34. The molecule has 2 aromatic rings. The molecule has 2 heterocycles. The average Bonchev–Trinajstić information content (AvgIpc) is 2.73. The van der Waals surface area contributed by atoms with Crippen molar-refractivity contribution in [1.29, 1.82) is 0 Å². The van der Waals surface area contributed by atoms with Gasteiger partial charge in [-0.25, -0.2) is 26.6 Å². The summed E-state index contributed by atoms with van der Waals surface area (Å²) >= 11 is 0. The third kappa shape index (κ3) is 4.75. The lowest BCUT2D eigenvalue weighted by molar-refractivity contribution is -0.107. The van der Waals surface area contributed by atoms with Gasteiger partial charge in [0.15, 0.2) is 11.6 Å². The van der Waals surface area contributed by atoms with Gasteiger partial charge < -0.3 is 9.64 Å². The first-order chi connectivity index (χ1) is 14.8. The third-order valence-electron chi connectivity index (χ3n) is 5.37. The zero-order valence-corrected chi connectivity index (χ0v) is 17.4. The second kappa shape index (κ2) is 8.60. The van der Waals surface area contributed by atoms with Crippen LogP contribution in [0.25, 0.3) is 0 Å². The summed E-state index contributed by atoms with van der Waals surface area (Å²) in [6, 6.07) is 7.29. The molecule has 1 aromatic heterocycles. The minimum Gasteiger partial charge on any atom is -0.371 e. The average molecular weight is 457 g/mol. The lowest BCUT2D eigenvalue weighted by Gasteiger charge is -2.48. The van der Waals surface area contributed by atoms with Crippen molar-refractivity contribution >= 4 is 21.8 Å². The maximum Gasteiger partial charge on any atom is 0.257 e. The number of sulfonamides is 1. The van der Waals surface area contributed by atoms with Gasteiger partial charge in [0.25, 0.3) is 16.4 Å². The van der Waals surface area contributed by atoms with E-state index < -0.39 is 28.8 Å². The fourth-order valence-corrected chi connectivity index (χ4v) is 4.76. The van der Waals surface area contributed by atoms with Crippen molar-refractivity contribution in [2.45, 2.75) is 36.2 Å². The molecule has 1 aromatic carbocycles. The highest BCUT2D eigenvalue weighted by atomic mass is 32.2. The molecule has 1 aliphatic heterocycles. The Morgan fingerprint density at radius 3 is 2.65 bits per heavy atom. The van der Waals surface area contributed by atoms with Gasteiger partial charge in [-0.3, -0.25) is 5.01 Å². The van der Waals surface area contributed by atoms with Gasteiger partial charge in [0.1, 0.15) is 0 Å². The number of morpholine rings is 1. The zero-order valence-electron chi connectivity index (χ0n) is 16.5. The Morgan fingerprint density at radius 1 is 1.26 bits per heavy atom. The third-order valence-corrected chi connectivity index (χ3v) is 6.73. The quantitative estimate of drug-likeness (QED) is 0.639. The molecule has 1 saturated heterocycles. The molecule has 1 spiro atoms. The van der Waals surface area contributed by atoms with E-state index in [1.807, 2.05) is 0 Å². The van der Waals surface area contributed by atoms with Crippen molar-refractivity contribution in [2.75, 3.05) is 36.1 Å². The minimum atomic E-state index is -4.18. The van der Waals surface area contributed by atoms with Crippen LogP contribution in [-0.4, -0.2) is 56.7 Å². The Balaban J connectivity index is 1.62. The van der Waals surface area contributed by atoms with E-state index in [9.17, 15) is 21.6 Å². The lowest BCUT2D eigenvalue weighted by Crippen LogP contribution is -2.56. The normalized spacial score (nSPS) is 18.3. The van der Waals surface area contributed by atoms with Gasteiger partial charge in [-0.2, -0.15) is 4.98 Å². The molecule has 1 saturated carbocycles. The van der Waals surface area contributed by atoms with Gasteiger partial charge in [-0.1, -0.05) is 18.2 Å². The zero-order chi connectivity index (χ0) is 22.1. The van der Waals surface area contributed by atoms with Crippen LogP contribution in [0.4, 0.5) is 24.9 Å². The summed E-state index contributed by atoms with van der Waals surface area (Å²) in [5.41, 5.74) is -0.340. The fraction of sp³-hybridized carbons (Fsp3) is 0.474. The number of nitrogens with zero attached hydrogens (tertiary/aromatic N) is 4. The summed E-state index contributed by atoms with van der Waals surface area (Å²) in [5.74, 6) is -1.16. The van der Waals surface area contributed by atoms with Gasteiger partial charge >= 0.3 is 0 Å². The van der Waals surface area contributed by atoms with Crippen molar-refractivity contribution in [3.63, 3.8) is 0 Å². The smallest absolute Gasteiger partial charge is 0.257 e. The van der Waals surface area contributed by atoms with Gasteiger partial charge in [0, 0.05) is 13.1 Å². The topological polar surface area (TPSA) is 87.7 Å². The number of hydrazine groups is 1. The summed E-state index contributed by atoms with van der Waals surface area (Å²) in [7, 11) is -4.18. The largest absolute Gasteiger partial charge is 0.371 e. The number of halogens is 3. The highest BCUT2D eigenvalue weighted by Gasteiger charge is 2.43. The number of nitrogens with one attached hydrogen (secondary N) is 1. The van der Waals surface area contributed by atoms with Crippen molar-refractivity contribution in [1.82, 2.24) is 14.8 Å². The van der Waals surface area contributed by atoms with Crippen LogP contribution < -0.4 is 14.7 Å². The van der Waals surface area contributed by atoms with E-state index >= 15 is 0 Å². The number of anilines is 2. The molecule has 31 heavy (non-hydrogen) atoms. The summed E-state index contributed by atoms with van der Waals surface area (Å²) in [5, 5.41) is 0.621. The first kappa shape index (κ1) is 21.8. The Bertz CT molecular complexity index is 1020. The summed E-state index contributed by atoms with van der Waals surface area (Å²) in [6.07, 6.45) is 0.705. The van der Waals surface area contributed by atoms with E-state index in [2.05, 4.69) is 14.8 Å². The molecule has 2 aliphatic rings. The van der Waals surface area contributed by atoms with Crippen molar-refractivity contribution in [3.8, 4) is 0 Å². The molecule has 0 radical (unpaired) electrons. The van der Waals surface area contributed by atoms with Gasteiger partial charge in [0.05, 0.1) is 29.8 Å². The second-order valence-corrected chi connectivity index (χ2v) is 9.22. The molecule has 8 nitrogen and oxygen atoms in total. The highest BCUT2D eigenvalue weighted by molar-refractivity contribution is 7.89. The number of ether oxygens (including phenoxy) is 1. The first-order valence-electron chi connectivity index (χ1n) is 9.83. The van der Waals surface area contributed by atoms with Crippen LogP contribution in [0, 0.1) is 5.82 Å². The van der Waals surface area contributed by atoms with Crippen molar-refractivity contribution in [2.24, 2.45) is 0 Å². The lowest BCUT2D eigenvalue weighted by atomic mass is 9.79. The Morgan fingerprint density at radius 2 is 2.00 bits per heavy atom. The highest BCUT2D eigenvalue weighted by Crippen LogP contribution is 2.39. The molecule has 2 fully saturated rings. The van der Waals surface area contributed by atoms with Crippen LogP contribution >= 0.6 is 0 Å². The van der Waals surface area contributed by atoms with Crippen LogP contribution in [0.1, 0.15) is 19.3 Å². The maximum atomic E-state index is 14.5. The molecule has 0 atom stereocenters. The van der Waals surface area contributed by atoms with Crippen LogP contribution in [0.3, 0.4) is 0 Å². The van der Waals surface area contributed by atoms with E-state index in [0.717, 1.165) is 25.5 Å². The fourth-order valence-electron chi connectivity index (χ4n) is 3.70. The molecule has 12 heteroatoms. The molecule has 1 N–H and O–H groups in total. The van der Waals surface area contributed by atoms with E-state index in [1.165, 1.54) is 24.3 Å². The van der Waals surface area contributed by atoms with Gasteiger partial charge in [0.2, 0.25) is 5.95 Å². The molecule has 4 rings (SSSR count). The number of hydrogen-bond acceptors (Lipinski definition) is 7. The van der Waals surface area contributed by atoms with Crippen LogP contribution in [0.15, 0.2) is 41.4 Å².